The summed E-state index contributed by atoms with van der Waals surface area (Å²) in [5.41, 5.74) is 4.87. The second-order valence-corrected chi connectivity index (χ2v) is 9.29. The van der Waals surface area contributed by atoms with Crippen LogP contribution in [0.25, 0.3) is 22.5 Å². The van der Waals surface area contributed by atoms with E-state index in [-0.39, 0.29) is 5.56 Å². The van der Waals surface area contributed by atoms with Crippen LogP contribution in [0.5, 0.6) is 0 Å². The minimum Gasteiger partial charge on any atom is -0.296 e. The fourth-order valence-electron chi connectivity index (χ4n) is 4.53. The summed E-state index contributed by atoms with van der Waals surface area (Å²) in [6.07, 6.45) is 3.02. The SMILES string of the molecule is CCCCc1nc(C)c(Cc2n[nH]c(C)n2)c(=O)n1Cc1ccc(-c2ccccc2-c2noc(=O)[nH]2)cc1. The highest BCUT2D eigenvalue weighted by atomic mass is 16.5. The van der Waals surface area contributed by atoms with E-state index in [2.05, 4.69) is 32.2 Å². The lowest BCUT2D eigenvalue weighted by atomic mass is 9.98. The fourth-order valence-corrected chi connectivity index (χ4v) is 4.53. The van der Waals surface area contributed by atoms with E-state index in [1.165, 1.54) is 0 Å². The smallest absolute Gasteiger partial charge is 0.296 e. The van der Waals surface area contributed by atoms with Gasteiger partial charge in [0, 0.05) is 29.7 Å². The van der Waals surface area contributed by atoms with Crippen LogP contribution in [0.4, 0.5) is 0 Å². The third-order valence-electron chi connectivity index (χ3n) is 6.51. The van der Waals surface area contributed by atoms with Crippen molar-refractivity contribution in [3.05, 3.63) is 104 Å². The largest absolute Gasteiger partial charge is 0.439 e. The van der Waals surface area contributed by atoms with Crippen LogP contribution < -0.4 is 11.3 Å². The quantitative estimate of drug-likeness (QED) is 0.306. The van der Waals surface area contributed by atoms with Crippen LogP contribution in [0.2, 0.25) is 0 Å². The minimum atomic E-state index is -0.598. The molecular weight excluding hydrogens is 482 g/mol. The number of nitrogens with zero attached hydrogens (tertiary/aromatic N) is 5. The Bertz CT molecular complexity index is 1680. The molecule has 38 heavy (non-hydrogen) atoms. The molecule has 0 radical (unpaired) electrons. The summed E-state index contributed by atoms with van der Waals surface area (Å²) in [7, 11) is 0. The fraction of sp³-hybridized carbons (Fsp3) is 0.286. The Hall–Kier alpha value is -4.60. The number of H-pyrrole nitrogens is 2. The van der Waals surface area contributed by atoms with Crippen LogP contribution in [0, 0.1) is 13.8 Å². The van der Waals surface area contributed by atoms with Crippen molar-refractivity contribution in [1.82, 2.24) is 34.9 Å². The molecule has 2 N–H and O–H groups in total. The first-order valence-electron chi connectivity index (χ1n) is 12.6. The van der Waals surface area contributed by atoms with E-state index in [4.69, 9.17) is 9.51 Å². The molecule has 10 nitrogen and oxygen atoms in total. The van der Waals surface area contributed by atoms with Crippen LogP contribution in [-0.2, 0) is 19.4 Å². The lowest BCUT2D eigenvalue weighted by molar-refractivity contribution is 0.388. The number of benzene rings is 2. The van der Waals surface area contributed by atoms with Crippen LogP contribution in [0.15, 0.2) is 62.6 Å². The Morgan fingerprint density at radius 2 is 1.74 bits per heavy atom. The molecule has 0 saturated heterocycles. The first kappa shape index (κ1) is 25.1. The number of aryl methyl sites for hydroxylation is 3. The number of aromatic nitrogens is 7. The topological polar surface area (TPSA) is 135 Å². The molecule has 0 bridgehead atoms. The van der Waals surface area contributed by atoms with E-state index in [0.717, 1.165) is 53.0 Å². The van der Waals surface area contributed by atoms with Gasteiger partial charge in [-0.1, -0.05) is 67.0 Å². The van der Waals surface area contributed by atoms with Crippen LogP contribution in [-0.4, -0.2) is 34.9 Å². The third kappa shape index (κ3) is 5.24. The summed E-state index contributed by atoms with van der Waals surface area (Å²) in [5.74, 6) is 1.85. The molecule has 0 atom stereocenters. The first-order valence-corrected chi connectivity index (χ1v) is 12.6. The van der Waals surface area contributed by atoms with Crippen molar-refractivity contribution < 1.29 is 4.52 Å². The summed E-state index contributed by atoms with van der Waals surface area (Å²) in [6.45, 7) is 6.25. The predicted molar refractivity (Wildman–Crippen MR) is 143 cm³/mol. The van der Waals surface area contributed by atoms with Crippen molar-refractivity contribution in [3.63, 3.8) is 0 Å². The number of hydrogen-bond donors (Lipinski definition) is 2. The normalized spacial score (nSPS) is 11.2. The molecule has 0 aliphatic rings. The van der Waals surface area contributed by atoms with Crippen molar-refractivity contribution in [2.45, 2.75) is 53.0 Å². The van der Waals surface area contributed by atoms with Gasteiger partial charge in [-0.3, -0.25) is 24.0 Å². The van der Waals surface area contributed by atoms with Crippen LogP contribution >= 0.6 is 0 Å². The lowest BCUT2D eigenvalue weighted by Gasteiger charge is -2.16. The Morgan fingerprint density at radius 1 is 0.974 bits per heavy atom. The molecular formula is C28H29N7O3. The van der Waals surface area contributed by atoms with E-state index in [1.54, 1.807) is 4.57 Å². The number of aromatic amines is 2. The van der Waals surface area contributed by atoms with E-state index < -0.39 is 5.76 Å². The zero-order chi connectivity index (χ0) is 26.6. The van der Waals surface area contributed by atoms with Gasteiger partial charge in [0.05, 0.1) is 6.54 Å². The van der Waals surface area contributed by atoms with E-state index in [9.17, 15) is 9.59 Å². The van der Waals surface area contributed by atoms with Crippen molar-refractivity contribution >= 4 is 0 Å². The Kier molecular flexibility index (Phi) is 7.12. The Labute approximate surface area is 218 Å². The van der Waals surface area contributed by atoms with Gasteiger partial charge < -0.3 is 0 Å². The number of unbranched alkanes of at least 4 members (excludes halogenated alkanes) is 1. The van der Waals surface area contributed by atoms with Crippen LogP contribution in [0.1, 0.15) is 54.1 Å². The summed E-state index contributed by atoms with van der Waals surface area (Å²) >= 11 is 0. The monoisotopic (exact) mass is 511 g/mol. The second-order valence-electron chi connectivity index (χ2n) is 9.29. The average molecular weight is 512 g/mol. The van der Waals surface area contributed by atoms with Gasteiger partial charge in [0.25, 0.3) is 5.56 Å². The highest BCUT2D eigenvalue weighted by Crippen LogP contribution is 2.30. The van der Waals surface area contributed by atoms with Crippen molar-refractivity contribution in [3.8, 4) is 22.5 Å². The molecule has 0 saturated carbocycles. The van der Waals surface area contributed by atoms with Gasteiger partial charge in [-0.15, -0.1) is 0 Å². The van der Waals surface area contributed by atoms with E-state index in [1.807, 2.05) is 62.4 Å². The van der Waals surface area contributed by atoms with Crippen molar-refractivity contribution in [1.29, 1.82) is 0 Å². The standard InChI is InChI=1S/C28H29N7O3/c1-4-5-10-25-29-17(2)23(15-24-30-18(3)32-33-24)27(36)35(25)16-19-11-13-20(14-12-19)21-8-6-7-9-22(21)26-31-28(37)38-34-26/h6-9,11-14H,4-5,10,15-16H2,1-3H3,(H,30,32,33)(H,31,34,37). The predicted octanol–water partition coefficient (Wildman–Crippen LogP) is 3.97. The van der Waals surface area contributed by atoms with Crippen molar-refractivity contribution in [2.75, 3.05) is 0 Å². The molecule has 0 aliphatic heterocycles. The van der Waals surface area contributed by atoms with Crippen molar-refractivity contribution in [2.24, 2.45) is 0 Å². The molecule has 194 valence electrons. The molecule has 2 aromatic carbocycles. The summed E-state index contributed by atoms with van der Waals surface area (Å²) < 4.78 is 6.47. The molecule has 5 aromatic rings. The zero-order valence-corrected chi connectivity index (χ0v) is 21.6. The molecule has 0 aliphatic carbocycles. The minimum absolute atomic E-state index is 0.0598. The van der Waals surface area contributed by atoms with Gasteiger partial charge in [-0.2, -0.15) is 5.10 Å². The number of hydrogen-bond acceptors (Lipinski definition) is 7. The molecule has 5 rings (SSSR count). The first-order chi connectivity index (χ1) is 18.4. The van der Waals surface area contributed by atoms with Gasteiger partial charge >= 0.3 is 5.76 Å². The molecule has 3 heterocycles. The zero-order valence-electron chi connectivity index (χ0n) is 21.6. The van der Waals surface area contributed by atoms with E-state index >= 15 is 0 Å². The third-order valence-corrected chi connectivity index (χ3v) is 6.51. The van der Waals surface area contributed by atoms with Gasteiger partial charge in [0.2, 0.25) is 0 Å². The highest BCUT2D eigenvalue weighted by Gasteiger charge is 2.17. The number of rotatable bonds is 9. The summed E-state index contributed by atoms with van der Waals surface area (Å²) in [6, 6.07) is 15.7. The molecule has 0 fully saturated rings. The van der Waals surface area contributed by atoms with Gasteiger partial charge in [0.1, 0.15) is 11.6 Å². The van der Waals surface area contributed by atoms with Gasteiger partial charge in [-0.25, -0.2) is 14.8 Å². The molecule has 3 aromatic heterocycles. The lowest BCUT2D eigenvalue weighted by Crippen LogP contribution is -2.30. The summed E-state index contributed by atoms with van der Waals surface area (Å²) in [4.78, 5) is 37.0. The Balaban J connectivity index is 1.48. The maximum atomic E-state index is 13.7. The van der Waals surface area contributed by atoms with Crippen LogP contribution in [0.3, 0.4) is 0 Å². The van der Waals surface area contributed by atoms with Gasteiger partial charge in [-0.05, 0) is 37.0 Å². The molecule has 0 spiro atoms. The molecule has 0 amide bonds. The second kappa shape index (κ2) is 10.8. The maximum absolute atomic E-state index is 13.7. The molecule has 0 unspecified atom stereocenters. The van der Waals surface area contributed by atoms with Gasteiger partial charge in [0.15, 0.2) is 11.6 Å². The average Bonchev–Trinajstić information content (AvgIpc) is 3.55. The number of nitrogens with one attached hydrogen (secondary N) is 2. The highest BCUT2D eigenvalue weighted by molar-refractivity contribution is 5.80. The maximum Gasteiger partial charge on any atom is 0.439 e. The molecule has 10 heteroatoms. The Morgan fingerprint density at radius 3 is 2.39 bits per heavy atom. The van der Waals surface area contributed by atoms with E-state index in [0.29, 0.717) is 36.0 Å². The summed E-state index contributed by atoms with van der Waals surface area (Å²) in [5, 5.41) is 10.9.